The summed E-state index contributed by atoms with van der Waals surface area (Å²) in [4.78, 5) is 5.54. The summed E-state index contributed by atoms with van der Waals surface area (Å²) in [6.45, 7) is 1.59. The van der Waals surface area contributed by atoms with Crippen LogP contribution in [-0.4, -0.2) is 34.3 Å². The van der Waals surface area contributed by atoms with Gasteiger partial charge < -0.3 is 10.5 Å². The Morgan fingerprint density at radius 3 is 2.82 bits per heavy atom. The summed E-state index contributed by atoms with van der Waals surface area (Å²) in [7, 11) is -1.00. The van der Waals surface area contributed by atoms with E-state index in [1.807, 2.05) is 6.07 Å². The van der Waals surface area contributed by atoms with E-state index in [-0.39, 0.29) is 11.3 Å². The molecule has 0 aromatic carbocycles. The molecule has 2 N–H and O–H groups in total. The highest BCUT2D eigenvalue weighted by atomic mass is 79.9. The molecule has 0 spiro atoms. The van der Waals surface area contributed by atoms with Gasteiger partial charge in [0.1, 0.15) is 5.84 Å². The second-order valence-electron chi connectivity index (χ2n) is 5.66. The van der Waals surface area contributed by atoms with Gasteiger partial charge >= 0.3 is 0 Å². The predicted molar refractivity (Wildman–Crippen MR) is 96.3 cm³/mol. The van der Waals surface area contributed by atoms with Gasteiger partial charge in [0.2, 0.25) is 0 Å². The largest absolute Gasteiger partial charge is 0.386 e. The zero-order chi connectivity index (χ0) is 15.7. The molecule has 1 aromatic rings. The summed E-state index contributed by atoms with van der Waals surface area (Å²) < 4.78 is 19.0. The van der Waals surface area contributed by atoms with Crippen molar-refractivity contribution in [3.05, 3.63) is 19.8 Å². The number of aliphatic imine (C=N–C) groups is 1. The lowest BCUT2D eigenvalue weighted by Crippen LogP contribution is -2.41. The van der Waals surface area contributed by atoms with Crippen molar-refractivity contribution in [2.45, 2.75) is 30.6 Å². The summed E-state index contributed by atoms with van der Waals surface area (Å²) >= 11 is 11.2. The highest BCUT2D eigenvalue weighted by Crippen LogP contribution is 2.39. The molecule has 0 aliphatic carbocycles. The van der Waals surface area contributed by atoms with Crippen molar-refractivity contribution in [1.29, 1.82) is 0 Å². The van der Waals surface area contributed by atoms with Gasteiger partial charge in [-0.05, 0) is 47.2 Å². The van der Waals surface area contributed by atoms with Crippen LogP contribution in [0, 0.1) is 5.92 Å². The highest BCUT2D eigenvalue weighted by molar-refractivity contribution is 9.11. The minimum absolute atomic E-state index is 0.124. The SMILES string of the molecule is NC1=NC(c2sc(Br)cc2Cl)CS(=O)C1CC1CCOCC1. The van der Waals surface area contributed by atoms with E-state index in [1.165, 1.54) is 11.3 Å². The Morgan fingerprint density at radius 2 is 2.23 bits per heavy atom. The number of amidine groups is 1. The van der Waals surface area contributed by atoms with E-state index in [0.29, 0.717) is 22.5 Å². The summed E-state index contributed by atoms with van der Waals surface area (Å²) in [5.74, 6) is 1.55. The Labute approximate surface area is 150 Å². The standard InChI is InChI=1S/C14H18BrClN2O2S2/c15-12-6-9(16)13(21-12)10-7-22(19)11(14(17)18-10)5-8-1-3-20-4-2-8/h6,8,10-11H,1-5,7H2,(H2,17,18). The van der Waals surface area contributed by atoms with Crippen LogP contribution in [0.2, 0.25) is 5.02 Å². The highest BCUT2D eigenvalue weighted by Gasteiger charge is 2.33. The van der Waals surface area contributed by atoms with Crippen LogP contribution < -0.4 is 5.73 Å². The average molecular weight is 426 g/mol. The van der Waals surface area contributed by atoms with Crippen molar-refractivity contribution in [1.82, 2.24) is 0 Å². The van der Waals surface area contributed by atoms with Crippen LogP contribution in [0.1, 0.15) is 30.2 Å². The van der Waals surface area contributed by atoms with Crippen LogP contribution in [0.5, 0.6) is 0 Å². The molecule has 0 saturated carbocycles. The second kappa shape index (κ2) is 7.30. The molecule has 0 amide bonds. The Bertz CT molecular complexity index is 602. The Balaban J connectivity index is 1.74. The number of nitrogens with zero attached hydrogens (tertiary/aromatic N) is 1. The summed E-state index contributed by atoms with van der Waals surface area (Å²) in [6.07, 6.45) is 2.89. The fraction of sp³-hybridized carbons (Fsp3) is 0.643. The molecule has 22 heavy (non-hydrogen) atoms. The fourth-order valence-corrected chi connectivity index (χ4v) is 6.76. The first-order valence-electron chi connectivity index (χ1n) is 7.27. The first-order valence-corrected chi connectivity index (χ1v) is 10.6. The van der Waals surface area contributed by atoms with Gasteiger partial charge in [-0.3, -0.25) is 9.20 Å². The van der Waals surface area contributed by atoms with Crippen LogP contribution in [-0.2, 0) is 15.5 Å². The van der Waals surface area contributed by atoms with E-state index in [2.05, 4.69) is 20.9 Å². The first kappa shape index (κ1) is 16.9. The van der Waals surface area contributed by atoms with Crippen LogP contribution in [0.4, 0.5) is 0 Å². The zero-order valence-electron chi connectivity index (χ0n) is 12.0. The second-order valence-corrected chi connectivity index (χ2v) is 10.2. The molecule has 3 atom stereocenters. The van der Waals surface area contributed by atoms with Gasteiger partial charge in [-0.25, -0.2) is 0 Å². The molecular formula is C14H18BrClN2O2S2. The van der Waals surface area contributed by atoms with Crippen LogP contribution in [0.3, 0.4) is 0 Å². The Kier molecular flexibility index (Phi) is 5.60. The quantitative estimate of drug-likeness (QED) is 0.806. The molecule has 3 rings (SSSR count). The average Bonchev–Trinajstić information content (AvgIpc) is 2.82. The minimum atomic E-state index is -1.00. The summed E-state index contributed by atoms with van der Waals surface area (Å²) in [5, 5.41) is 0.542. The molecule has 1 aromatic heterocycles. The summed E-state index contributed by atoms with van der Waals surface area (Å²) in [6, 6.07) is 1.67. The molecule has 4 nitrogen and oxygen atoms in total. The number of nitrogens with two attached hydrogens (primary N) is 1. The van der Waals surface area contributed by atoms with Gasteiger partial charge in [0.25, 0.3) is 0 Å². The maximum absolute atomic E-state index is 12.6. The Hall–Kier alpha value is 0.0500. The molecule has 0 bridgehead atoms. The maximum Gasteiger partial charge on any atom is 0.110 e. The fourth-order valence-electron chi connectivity index (χ4n) is 2.94. The van der Waals surface area contributed by atoms with E-state index in [9.17, 15) is 4.21 Å². The summed E-state index contributed by atoms with van der Waals surface area (Å²) in [5.41, 5.74) is 6.15. The number of rotatable bonds is 3. The molecule has 3 unspecified atom stereocenters. The molecule has 122 valence electrons. The predicted octanol–water partition coefficient (Wildman–Crippen LogP) is 3.51. The number of ether oxygens (including phenoxy) is 1. The van der Waals surface area contributed by atoms with Gasteiger partial charge in [-0.15, -0.1) is 11.3 Å². The van der Waals surface area contributed by atoms with Crippen molar-refractivity contribution in [2.24, 2.45) is 16.6 Å². The van der Waals surface area contributed by atoms with Crippen molar-refractivity contribution < 1.29 is 8.95 Å². The van der Waals surface area contributed by atoms with E-state index in [4.69, 9.17) is 22.1 Å². The third-order valence-corrected chi connectivity index (χ3v) is 8.03. The lowest BCUT2D eigenvalue weighted by molar-refractivity contribution is 0.0647. The van der Waals surface area contributed by atoms with Crippen LogP contribution in [0.15, 0.2) is 14.8 Å². The molecule has 2 aliphatic heterocycles. The molecule has 3 heterocycles. The third kappa shape index (κ3) is 3.75. The van der Waals surface area contributed by atoms with E-state index < -0.39 is 10.8 Å². The van der Waals surface area contributed by atoms with E-state index >= 15 is 0 Å². The van der Waals surface area contributed by atoms with Crippen molar-refractivity contribution in [2.75, 3.05) is 19.0 Å². The van der Waals surface area contributed by atoms with Gasteiger partial charge in [-0.2, -0.15) is 0 Å². The molecule has 0 radical (unpaired) electrons. The monoisotopic (exact) mass is 424 g/mol. The van der Waals surface area contributed by atoms with Gasteiger partial charge in [0.05, 0.1) is 25.9 Å². The minimum Gasteiger partial charge on any atom is -0.386 e. The lowest BCUT2D eigenvalue weighted by atomic mass is 9.94. The van der Waals surface area contributed by atoms with E-state index in [1.54, 1.807) is 0 Å². The first-order chi connectivity index (χ1) is 10.5. The van der Waals surface area contributed by atoms with Gasteiger partial charge in [0, 0.05) is 28.9 Å². The molecule has 1 saturated heterocycles. The molecule has 2 aliphatic rings. The number of hydrogen-bond acceptors (Lipinski definition) is 5. The topological polar surface area (TPSA) is 64.7 Å². The third-order valence-electron chi connectivity index (χ3n) is 4.15. The molecular weight excluding hydrogens is 408 g/mol. The zero-order valence-corrected chi connectivity index (χ0v) is 15.9. The smallest absolute Gasteiger partial charge is 0.110 e. The Morgan fingerprint density at radius 1 is 1.50 bits per heavy atom. The van der Waals surface area contributed by atoms with Crippen molar-refractivity contribution in [3.63, 3.8) is 0 Å². The lowest BCUT2D eigenvalue weighted by Gasteiger charge is -2.29. The van der Waals surface area contributed by atoms with Gasteiger partial charge in [-0.1, -0.05) is 11.6 Å². The number of hydrogen-bond donors (Lipinski definition) is 1. The normalized spacial score (nSPS) is 30.3. The van der Waals surface area contributed by atoms with Crippen molar-refractivity contribution >= 4 is 55.5 Å². The van der Waals surface area contributed by atoms with Crippen LogP contribution in [0.25, 0.3) is 0 Å². The molecule has 8 heteroatoms. The van der Waals surface area contributed by atoms with E-state index in [0.717, 1.165) is 41.1 Å². The molecule has 1 fully saturated rings. The van der Waals surface area contributed by atoms with Gasteiger partial charge in [0.15, 0.2) is 0 Å². The number of halogens is 2. The maximum atomic E-state index is 12.6. The number of thiophene rings is 1. The van der Waals surface area contributed by atoms with Crippen molar-refractivity contribution in [3.8, 4) is 0 Å². The van der Waals surface area contributed by atoms with Crippen LogP contribution >= 0.6 is 38.9 Å².